The van der Waals surface area contributed by atoms with E-state index < -0.39 is 0 Å². The lowest BCUT2D eigenvalue weighted by molar-refractivity contribution is -0.122. The second-order valence-corrected chi connectivity index (χ2v) is 5.42. The van der Waals surface area contributed by atoms with Gasteiger partial charge in [0.15, 0.2) is 5.58 Å². The van der Waals surface area contributed by atoms with Crippen LogP contribution < -0.4 is 10.9 Å². The molecule has 0 bridgehead atoms. The van der Waals surface area contributed by atoms with Crippen molar-refractivity contribution in [1.29, 1.82) is 0 Å². The number of rotatable bonds is 4. The quantitative estimate of drug-likeness (QED) is 0.791. The molecule has 3 rings (SSSR count). The van der Waals surface area contributed by atoms with E-state index >= 15 is 0 Å². The molecule has 1 N–H and O–H groups in total. The smallest absolute Gasteiger partial charge is 0.291 e. The zero-order valence-electron chi connectivity index (χ0n) is 12.8. The maximum Gasteiger partial charge on any atom is 0.291 e. The van der Waals surface area contributed by atoms with Crippen LogP contribution >= 0.6 is 0 Å². The maximum absolute atomic E-state index is 12.5. The number of aromatic nitrogens is 3. The van der Waals surface area contributed by atoms with E-state index in [9.17, 15) is 9.59 Å². The first kappa shape index (κ1) is 14.4. The van der Waals surface area contributed by atoms with Crippen molar-refractivity contribution in [3.63, 3.8) is 0 Å². The molecule has 3 heterocycles. The number of nitrogens with one attached hydrogen (secondary N) is 1. The molecule has 0 spiro atoms. The van der Waals surface area contributed by atoms with Crippen LogP contribution in [0.3, 0.4) is 0 Å². The number of furan rings is 1. The van der Waals surface area contributed by atoms with Crippen LogP contribution in [0.5, 0.6) is 0 Å². The number of amides is 1. The fourth-order valence-electron chi connectivity index (χ4n) is 2.49. The summed E-state index contributed by atoms with van der Waals surface area (Å²) in [6.07, 6.45) is 2.41. The van der Waals surface area contributed by atoms with Gasteiger partial charge in [-0.3, -0.25) is 14.0 Å². The van der Waals surface area contributed by atoms with Crippen molar-refractivity contribution in [3.8, 4) is 0 Å². The van der Waals surface area contributed by atoms with Gasteiger partial charge in [-0.05, 0) is 20.3 Å². The van der Waals surface area contributed by atoms with Crippen molar-refractivity contribution >= 4 is 22.5 Å². The first-order chi connectivity index (χ1) is 10.5. The topological polar surface area (TPSA) is 81.5 Å². The van der Waals surface area contributed by atoms with Crippen molar-refractivity contribution in [2.75, 3.05) is 0 Å². The van der Waals surface area contributed by atoms with Crippen LogP contribution in [0.4, 0.5) is 0 Å². The SMILES string of the molecule is CC[C@@H](C)NC(=O)Cn1nc(C)n2c(cc3occc32)c1=O. The Morgan fingerprint density at radius 1 is 1.45 bits per heavy atom. The summed E-state index contributed by atoms with van der Waals surface area (Å²) in [5.74, 6) is 0.408. The van der Waals surface area contributed by atoms with Gasteiger partial charge in [0, 0.05) is 18.2 Å². The predicted octanol–water partition coefficient (Wildman–Crippen LogP) is 1.47. The normalized spacial score (nSPS) is 12.9. The van der Waals surface area contributed by atoms with Crippen LogP contribution in [0.1, 0.15) is 26.1 Å². The molecule has 0 aliphatic carbocycles. The lowest BCUT2D eigenvalue weighted by atomic mass is 10.2. The van der Waals surface area contributed by atoms with E-state index in [4.69, 9.17) is 4.42 Å². The highest BCUT2D eigenvalue weighted by molar-refractivity contribution is 5.82. The highest BCUT2D eigenvalue weighted by atomic mass is 16.3. The summed E-state index contributed by atoms with van der Waals surface area (Å²) in [7, 11) is 0. The molecular weight excluding hydrogens is 284 g/mol. The van der Waals surface area contributed by atoms with Crippen molar-refractivity contribution < 1.29 is 9.21 Å². The molecule has 1 atom stereocenters. The minimum Gasteiger partial charge on any atom is -0.463 e. The molecule has 7 nitrogen and oxygen atoms in total. The zero-order chi connectivity index (χ0) is 15.9. The first-order valence-electron chi connectivity index (χ1n) is 7.27. The van der Waals surface area contributed by atoms with Gasteiger partial charge in [-0.1, -0.05) is 6.92 Å². The minimum absolute atomic E-state index is 0.0728. The average Bonchev–Trinajstić information content (AvgIpc) is 3.04. The molecule has 0 unspecified atom stereocenters. The van der Waals surface area contributed by atoms with E-state index in [1.54, 1.807) is 29.7 Å². The van der Waals surface area contributed by atoms with Crippen molar-refractivity contribution in [2.45, 2.75) is 39.8 Å². The fourth-order valence-corrected chi connectivity index (χ4v) is 2.49. The molecule has 0 aromatic carbocycles. The Morgan fingerprint density at radius 3 is 2.95 bits per heavy atom. The number of carbonyl (C=O) groups is 1. The van der Waals surface area contributed by atoms with Crippen LogP contribution in [0.15, 0.2) is 27.6 Å². The van der Waals surface area contributed by atoms with Gasteiger partial charge in [0.1, 0.15) is 17.9 Å². The molecule has 0 fully saturated rings. The van der Waals surface area contributed by atoms with Gasteiger partial charge in [-0.15, -0.1) is 0 Å². The second kappa shape index (κ2) is 5.32. The van der Waals surface area contributed by atoms with E-state index in [1.807, 2.05) is 13.8 Å². The summed E-state index contributed by atoms with van der Waals surface area (Å²) in [5, 5.41) is 7.07. The Bertz CT molecular complexity index is 903. The zero-order valence-corrected chi connectivity index (χ0v) is 12.8. The predicted molar refractivity (Wildman–Crippen MR) is 81.9 cm³/mol. The number of aryl methyl sites for hydroxylation is 1. The number of hydrogen-bond acceptors (Lipinski definition) is 4. The third-order valence-corrected chi connectivity index (χ3v) is 3.78. The van der Waals surface area contributed by atoms with E-state index in [-0.39, 0.29) is 24.1 Å². The number of fused-ring (bicyclic) bond motifs is 3. The van der Waals surface area contributed by atoms with Gasteiger partial charge < -0.3 is 9.73 Å². The maximum atomic E-state index is 12.5. The van der Waals surface area contributed by atoms with Gasteiger partial charge in [-0.25, -0.2) is 4.68 Å². The summed E-state index contributed by atoms with van der Waals surface area (Å²) in [6.45, 7) is 5.61. The molecule has 7 heteroatoms. The molecule has 116 valence electrons. The van der Waals surface area contributed by atoms with Crippen molar-refractivity contribution in [1.82, 2.24) is 19.5 Å². The van der Waals surface area contributed by atoms with Crippen LogP contribution in [0.2, 0.25) is 0 Å². The average molecular weight is 302 g/mol. The lowest BCUT2D eigenvalue weighted by Crippen LogP contribution is -2.38. The molecule has 22 heavy (non-hydrogen) atoms. The van der Waals surface area contributed by atoms with Crippen molar-refractivity contribution in [3.05, 3.63) is 34.6 Å². The molecule has 0 aliphatic heterocycles. The molecule has 0 saturated carbocycles. The van der Waals surface area contributed by atoms with Gasteiger partial charge in [0.2, 0.25) is 5.91 Å². The van der Waals surface area contributed by atoms with E-state index in [2.05, 4.69) is 10.4 Å². The van der Waals surface area contributed by atoms with E-state index in [0.717, 1.165) is 11.9 Å². The van der Waals surface area contributed by atoms with Crippen molar-refractivity contribution in [2.24, 2.45) is 0 Å². The second-order valence-electron chi connectivity index (χ2n) is 5.42. The summed E-state index contributed by atoms with van der Waals surface area (Å²) in [6, 6.07) is 3.54. The number of hydrogen-bond donors (Lipinski definition) is 1. The van der Waals surface area contributed by atoms with E-state index in [0.29, 0.717) is 16.9 Å². The van der Waals surface area contributed by atoms with Gasteiger partial charge in [0.25, 0.3) is 5.56 Å². The Labute approximate surface area is 126 Å². The standard InChI is InChI=1S/C15H18N4O3/c1-4-9(2)16-14(20)8-18-15(21)12-7-13-11(5-6-22-13)19(12)10(3)17-18/h5-7,9H,4,8H2,1-3H3,(H,16,20)/t9-/m1/s1. The first-order valence-corrected chi connectivity index (χ1v) is 7.27. The van der Waals surface area contributed by atoms with Crippen LogP contribution in [-0.2, 0) is 11.3 Å². The molecule has 0 aliphatic rings. The summed E-state index contributed by atoms with van der Waals surface area (Å²) in [4.78, 5) is 24.5. The van der Waals surface area contributed by atoms with E-state index in [1.165, 1.54) is 4.68 Å². The largest absolute Gasteiger partial charge is 0.463 e. The number of nitrogens with zero attached hydrogens (tertiary/aromatic N) is 3. The fraction of sp³-hybridized carbons (Fsp3) is 0.400. The van der Waals surface area contributed by atoms with Crippen LogP contribution in [0, 0.1) is 6.92 Å². The molecule has 0 saturated heterocycles. The summed E-state index contributed by atoms with van der Waals surface area (Å²) < 4.78 is 8.26. The van der Waals surface area contributed by atoms with Gasteiger partial charge in [0.05, 0.1) is 11.8 Å². The Morgan fingerprint density at radius 2 is 2.23 bits per heavy atom. The Balaban J connectivity index is 2.02. The minimum atomic E-state index is -0.309. The summed E-state index contributed by atoms with van der Waals surface area (Å²) >= 11 is 0. The van der Waals surface area contributed by atoms with Crippen LogP contribution in [-0.4, -0.2) is 26.1 Å². The molecular formula is C15H18N4O3. The lowest BCUT2D eigenvalue weighted by Gasteiger charge is -2.12. The highest BCUT2D eigenvalue weighted by Gasteiger charge is 2.15. The molecule has 3 aromatic heterocycles. The summed E-state index contributed by atoms with van der Waals surface area (Å²) in [5.41, 5.74) is 1.58. The molecule has 1 amide bonds. The number of carbonyl (C=O) groups excluding carboxylic acids is 1. The Kier molecular flexibility index (Phi) is 3.48. The van der Waals surface area contributed by atoms with Gasteiger partial charge >= 0.3 is 0 Å². The monoisotopic (exact) mass is 302 g/mol. The third-order valence-electron chi connectivity index (χ3n) is 3.78. The third kappa shape index (κ3) is 2.28. The molecule has 0 radical (unpaired) electrons. The van der Waals surface area contributed by atoms with Crippen LogP contribution in [0.25, 0.3) is 16.6 Å². The molecule has 3 aromatic rings. The highest BCUT2D eigenvalue weighted by Crippen LogP contribution is 2.19. The Hall–Kier alpha value is -2.57. The van der Waals surface area contributed by atoms with Gasteiger partial charge in [-0.2, -0.15) is 5.10 Å².